The van der Waals surface area contributed by atoms with Crippen LogP contribution in [0, 0.1) is 0 Å². The number of allylic oxidation sites excluding steroid dienone is 1. The molecule has 7 heteroatoms. The van der Waals surface area contributed by atoms with E-state index in [0.29, 0.717) is 35.1 Å². The highest BCUT2D eigenvalue weighted by Gasteiger charge is 2.45. The van der Waals surface area contributed by atoms with Crippen LogP contribution in [0.4, 0.5) is 0 Å². The Hall–Kier alpha value is -1.93. The molecule has 2 aromatic rings. The van der Waals surface area contributed by atoms with Crippen molar-refractivity contribution in [1.82, 2.24) is 0 Å². The monoisotopic (exact) mass is 458 g/mol. The predicted octanol–water partition coefficient (Wildman–Crippen LogP) is 2.77. The molecule has 5 rings (SSSR count). The number of hydrogen-bond donors (Lipinski definition) is 4. The van der Waals surface area contributed by atoms with Crippen LogP contribution in [0.5, 0.6) is 5.75 Å². The van der Waals surface area contributed by atoms with Gasteiger partial charge in [0.2, 0.25) is 0 Å². The van der Waals surface area contributed by atoms with Crippen LogP contribution in [0.1, 0.15) is 52.7 Å². The molecule has 0 aromatic heterocycles. The smallest absolute Gasteiger partial charge is 0.149 e. The van der Waals surface area contributed by atoms with E-state index in [9.17, 15) is 20.4 Å². The fraction of sp³-hybridized carbons (Fsp3) is 0.440. The summed E-state index contributed by atoms with van der Waals surface area (Å²) in [4.78, 5) is 0. The molecule has 0 radical (unpaired) electrons. The molecule has 0 amide bonds. The SMILES string of the molecule is OC[C@H]1O[C@@H](c2cc(Cc3ccc(C4CC4)cc3)c(Cl)c3c2CC=CO3)[C@H](O)[C@@H](O)[C@@H]1O. The number of aliphatic hydroxyl groups is 4. The van der Waals surface area contributed by atoms with Gasteiger partial charge in [-0.1, -0.05) is 41.9 Å². The largest absolute Gasteiger partial charge is 0.463 e. The van der Waals surface area contributed by atoms with Crippen molar-refractivity contribution >= 4 is 11.6 Å². The molecular formula is C25H27ClO6. The highest BCUT2D eigenvalue weighted by atomic mass is 35.5. The van der Waals surface area contributed by atoms with Gasteiger partial charge >= 0.3 is 0 Å². The van der Waals surface area contributed by atoms with E-state index < -0.39 is 37.1 Å². The van der Waals surface area contributed by atoms with Crippen molar-refractivity contribution < 1.29 is 29.9 Å². The average molecular weight is 459 g/mol. The number of hydrogen-bond acceptors (Lipinski definition) is 6. The van der Waals surface area contributed by atoms with Crippen LogP contribution in [-0.2, 0) is 17.6 Å². The lowest BCUT2D eigenvalue weighted by Crippen LogP contribution is -2.55. The summed E-state index contributed by atoms with van der Waals surface area (Å²) in [7, 11) is 0. The van der Waals surface area contributed by atoms with Crippen molar-refractivity contribution in [3.8, 4) is 5.75 Å². The second-order valence-corrected chi connectivity index (χ2v) is 9.26. The molecule has 2 aliphatic heterocycles. The van der Waals surface area contributed by atoms with Crippen LogP contribution < -0.4 is 4.74 Å². The number of fused-ring (bicyclic) bond motifs is 1. The number of ether oxygens (including phenoxy) is 2. The van der Waals surface area contributed by atoms with E-state index in [0.717, 1.165) is 16.7 Å². The highest BCUT2D eigenvalue weighted by molar-refractivity contribution is 6.33. The zero-order chi connectivity index (χ0) is 22.4. The van der Waals surface area contributed by atoms with Gasteiger partial charge in [0.15, 0.2) is 0 Å². The van der Waals surface area contributed by atoms with E-state index in [1.807, 2.05) is 12.1 Å². The fourth-order valence-electron chi connectivity index (χ4n) is 4.65. The van der Waals surface area contributed by atoms with Crippen LogP contribution in [0.2, 0.25) is 5.02 Å². The highest BCUT2D eigenvalue weighted by Crippen LogP contribution is 2.44. The summed E-state index contributed by atoms with van der Waals surface area (Å²) in [5.41, 5.74) is 4.67. The molecule has 0 unspecified atom stereocenters. The first-order chi connectivity index (χ1) is 15.5. The molecule has 32 heavy (non-hydrogen) atoms. The first kappa shape index (κ1) is 21.9. The molecule has 1 saturated heterocycles. The minimum atomic E-state index is -1.45. The van der Waals surface area contributed by atoms with Gasteiger partial charge in [-0.25, -0.2) is 0 Å². The first-order valence-corrected chi connectivity index (χ1v) is 11.4. The third-order valence-electron chi connectivity index (χ3n) is 6.66. The van der Waals surface area contributed by atoms with Gasteiger partial charge in [-0.2, -0.15) is 0 Å². The van der Waals surface area contributed by atoms with Crippen LogP contribution in [0.25, 0.3) is 0 Å². The van der Waals surface area contributed by atoms with Gasteiger partial charge in [0.05, 0.1) is 17.9 Å². The first-order valence-electron chi connectivity index (χ1n) is 11.0. The number of aliphatic hydroxyl groups excluding tert-OH is 4. The molecule has 0 spiro atoms. The van der Waals surface area contributed by atoms with Gasteiger partial charge in [0.25, 0.3) is 0 Å². The Morgan fingerprint density at radius 2 is 1.75 bits per heavy atom. The molecule has 0 bridgehead atoms. The Balaban J connectivity index is 1.52. The summed E-state index contributed by atoms with van der Waals surface area (Å²) >= 11 is 6.73. The van der Waals surface area contributed by atoms with E-state index in [1.54, 1.807) is 6.26 Å². The Bertz CT molecular complexity index is 1010. The molecule has 2 aromatic carbocycles. The Labute approximate surface area is 191 Å². The van der Waals surface area contributed by atoms with Gasteiger partial charge < -0.3 is 29.9 Å². The van der Waals surface area contributed by atoms with Gasteiger partial charge in [-0.3, -0.25) is 0 Å². The maximum absolute atomic E-state index is 10.7. The average Bonchev–Trinajstić information content (AvgIpc) is 3.66. The second-order valence-electron chi connectivity index (χ2n) is 8.88. The molecule has 6 nitrogen and oxygen atoms in total. The van der Waals surface area contributed by atoms with E-state index >= 15 is 0 Å². The molecule has 1 aliphatic carbocycles. The zero-order valence-corrected chi connectivity index (χ0v) is 18.3. The number of halogens is 1. The molecule has 3 aliphatic rings. The molecule has 170 valence electrons. The quantitative estimate of drug-likeness (QED) is 0.550. The molecule has 5 atom stereocenters. The van der Waals surface area contributed by atoms with Crippen LogP contribution in [0.15, 0.2) is 42.7 Å². The fourth-order valence-corrected chi connectivity index (χ4v) is 4.93. The summed E-state index contributed by atoms with van der Waals surface area (Å²) in [6, 6.07) is 10.4. The van der Waals surface area contributed by atoms with Crippen LogP contribution in [-0.4, -0.2) is 51.4 Å². The van der Waals surface area contributed by atoms with Crippen molar-refractivity contribution in [2.75, 3.05) is 6.61 Å². The van der Waals surface area contributed by atoms with Crippen molar-refractivity contribution in [2.45, 2.75) is 62.1 Å². The standard InChI is InChI=1S/C25H27ClO6/c26-20-16(10-13-3-5-14(6-4-13)15-7-8-15)11-18(17-2-1-9-31-24(17)20)25-23(30)22(29)21(28)19(12-27)32-25/h1,3-6,9,11,15,19,21-23,25,27-30H,2,7-8,10,12H2/t19-,21-,22+,23-,25+/m1/s1. The van der Waals surface area contributed by atoms with Crippen LogP contribution >= 0.6 is 11.6 Å². The molecule has 2 fully saturated rings. The lowest BCUT2D eigenvalue weighted by atomic mass is 9.86. The summed E-state index contributed by atoms with van der Waals surface area (Å²) in [5.74, 6) is 1.20. The maximum atomic E-state index is 10.7. The minimum Gasteiger partial charge on any atom is -0.463 e. The predicted molar refractivity (Wildman–Crippen MR) is 119 cm³/mol. The van der Waals surface area contributed by atoms with E-state index in [1.165, 1.54) is 18.4 Å². The number of benzene rings is 2. The molecule has 1 saturated carbocycles. The normalized spacial score (nSPS) is 29.5. The minimum absolute atomic E-state index is 0.478. The van der Waals surface area contributed by atoms with Crippen molar-refractivity contribution in [3.05, 3.63) is 75.5 Å². The van der Waals surface area contributed by atoms with Gasteiger partial charge in [0, 0.05) is 5.56 Å². The second kappa shape index (κ2) is 8.78. The lowest BCUT2D eigenvalue weighted by molar-refractivity contribution is -0.231. The molecular weight excluding hydrogens is 432 g/mol. The summed E-state index contributed by atoms with van der Waals surface area (Å²) < 4.78 is 11.6. The zero-order valence-electron chi connectivity index (χ0n) is 17.5. The van der Waals surface area contributed by atoms with Gasteiger partial charge in [-0.05, 0) is 59.9 Å². The molecule has 2 heterocycles. The van der Waals surface area contributed by atoms with Crippen molar-refractivity contribution in [3.63, 3.8) is 0 Å². The summed E-state index contributed by atoms with van der Waals surface area (Å²) in [5, 5.41) is 41.3. The Morgan fingerprint density at radius 3 is 2.44 bits per heavy atom. The van der Waals surface area contributed by atoms with E-state index in [2.05, 4.69) is 24.3 Å². The van der Waals surface area contributed by atoms with Crippen molar-refractivity contribution in [2.24, 2.45) is 0 Å². The Kier molecular flexibility index (Phi) is 6.01. The summed E-state index contributed by atoms with van der Waals surface area (Å²) in [6.45, 7) is -0.478. The van der Waals surface area contributed by atoms with Gasteiger partial charge in [-0.15, -0.1) is 0 Å². The number of rotatable bonds is 5. The van der Waals surface area contributed by atoms with Gasteiger partial charge in [0.1, 0.15) is 36.3 Å². The topological polar surface area (TPSA) is 99.4 Å². The van der Waals surface area contributed by atoms with E-state index in [-0.39, 0.29) is 0 Å². The van der Waals surface area contributed by atoms with Crippen molar-refractivity contribution in [1.29, 1.82) is 0 Å². The lowest BCUT2D eigenvalue weighted by Gasteiger charge is -2.41. The summed E-state index contributed by atoms with van der Waals surface area (Å²) in [6.07, 6.45) is 0.866. The Morgan fingerprint density at radius 1 is 1.00 bits per heavy atom. The molecule has 4 N–H and O–H groups in total. The van der Waals surface area contributed by atoms with E-state index in [4.69, 9.17) is 21.1 Å². The van der Waals surface area contributed by atoms with Crippen LogP contribution in [0.3, 0.4) is 0 Å². The third-order valence-corrected chi connectivity index (χ3v) is 7.07. The third kappa shape index (κ3) is 3.96. The maximum Gasteiger partial charge on any atom is 0.149 e.